The molecule has 5 unspecified atom stereocenters. The van der Waals surface area contributed by atoms with Crippen molar-refractivity contribution in [3.05, 3.63) is 0 Å². The first kappa shape index (κ1) is 11.6. The minimum Gasteiger partial charge on any atom is -0.378 e. The van der Waals surface area contributed by atoms with Gasteiger partial charge in [-0.3, -0.25) is 4.90 Å². The number of fused-ring (bicyclic) bond motifs is 4. The molecule has 4 nitrogen and oxygen atoms in total. The molecule has 0 aliphatic carbocycles. The molecule has 0 radical (unpaired) electrons. The lowest BCUT2D eigenvalue weighted by Gasteiger charge is -2.54. The van der Waals surface area contributed by atoms with E-state index in [0.29, 0.717) is 18.1 Å². The summed E-state index contributed by atoms with van der Waals surface area (Å²) in [7, 11) is 0. The number of nitrogens with zero attached hydrogens (tertiary/aromatic N) is 1. The summed E-state index contributed by atoms with van der Waals surface area (Å²) in [5, 5.41) is 7.45. The van der Waals surface area contributed by atoms with Crippen LogP contribution in [-0.4, -0.2) is 61.4 Å². The first-order valence-corrected chi connectivity index (χ1v) is 7.74. The van der Waals surface area contributed by atoms with Gasteiger partial charge in [0.05, 0.1) is 13.2 Å². The first-order chi connectivity index (χ1) is 8.92. The van der Waals surface area contributed by atoms with Crippen LogP contribution in [0.5, 0.6) is 0 Å². The molecule has 0 spiro atoms. The highest BCUT2D eigenvalue weighted by atomic mass is 16.5. The Hall–Kier alpha value is -0.160. The number of hydrogen-bond donors (Lipinski definition) is 2. The number of piperazine rings is 1. The van der Waals surface area contributed by atoms with Gasteiger partial charge in [0.25, 0.3) is 0 Å². The maximum absolute atomic E-state index is 5.78. The summed E-state index contributed by atoms with van der Waals surface area (Å²) < 4.78 is 5.78. The van der Waals surface area contributed by atoms with Gasteiger partial charge in [-0.15, -0.1) is 0 Å². The van der Waals surface area contributed by atoms with Crippen LogP contribution in [0.1, 0.15) is 32.1 Å². The second kappa shape index (κ2) is 4.75. The Balaban J connectivity index is 1.54. The Morgan fingerprint density at radius 1 is 0.944 bits per heavy atom. The number of morpholine rings is 1. The Labute approximate surface area is 109 Å². The van der Waals surface area contributed by atoms with Crippen LogP contribution in [0, 0.1) is 0 Å². The maximum Gasteiger partial charge on any atom is 0.0622 e. The molecule has 0 saturated carbocycles. The van der Waals surface area contributed by atoms with Gasteiger partial charge in [-0.05, 0) is 25.7 Å². The summed E-state index contributed by atoms with van der Waals surface area (Å²) in [6.07, 6.45) is 6.82. The van der Waals surface area contributed by atoms with Crippen molar-refractivity contribution in [1.29, 1.82) is 0 Å². The lowest BCUT2D eigenvalue weighted by Crippen LogP contribution is -2.70. The van der Waals surface area contributed by atoms with Crippen molar-refractivity contribution in [2.24, 2.45) is 0 Å². The SMILES string of the molecule is C1CC2COCC(C1)N2C1CCC2CNCC1N2. The van der Waals surface area contributed by atoms with Crippen molar-refractivity contribution in [1.82, 2.24) is 15.5 Å². The predicted octanol–water partition coefficient (Wildman–Crippen LogP) is 0.332. The lowest BCUT2D eigenvalue weighted by molar-refractivity contribution is -0.107. The van der Waals surface area contributed by atoms with E-state index in [1.165, 1.54) is 38.6 Å². The summed E-state index contributed by atoms with van der Waals surface area (Å²) in [5.74, 6) is 0. The topological polar surface area (TPSA) is 36.5 Å². The van der Waals surface area contributed by atoms with Crippen LogP contribution in [0.4, 0.5) is 0 Å². The second-order valence-corrected chi connectivity index (χ2v) is 6.50. The highest BCUT2D eigenvalue weighted by molar-refractivity contribution is 5.02. The zero-order chi connectivity index (χ0) is 11.9. The van der Waals surface area contributed by atoms with Gasteiger partial charge in [-0.2, -0.15) is 0 Å². The van der Waals surface area contributed by atoms with Gasteiger partial charge in [0, 0.05) is 43.3 Å². The number of piperidine rings is 2. The molecule has 4 aliphatic heterocycles. The Morgan fingerprint density at radius 2 is 1.78 bits per heavy atom. The van der Waals surface area contributed by atoms with Gasteiger partial charge in [0.15, 0.2) is 0 Å². The Kier molecular flexibility index (Phi) is 3.07. The molecular formula is C14H25N3O. The average Bonchev–Trinajstić information content (AvgIpc) is 2.38. The third-order valence-corrected chi connectivity index (χ3v) is 5.40. The van der Waals surface area contributed by atoms with E-state index in [1.807, 2.05) is 0 Å². The van der Waals surface area contributed by atoms with Crippen LogP contribution in [0.15, 0.2) is 0 Å². The number of rotatable bonds is 1. The van der Waals surface area contributed by atoms with E-state index in [9.17, 15) is 0 Å². The van der Waals surface area contributed by atoms with Crippen molar-refractivity contribution in [3.8, 4) is 0 Å². The molecule has 4 fully saturated rings. The normalized spacial score (nSPS) is 49.0. The van der Waals surface area contributed by atoms with Gasteiger partial charge in [-0.1, -0.05) is 6.42 Å². The average molecular weight is 251 g/mol. The van der Waals surface area contributed by atoms with Crippen molar-refractivity contribution in [2.45, 2.75) is 62.3 Å². The fraction of sp³-hybridized carbons (Fsp3) is 1.00. The van der Waals surface area contributed by atoms with Crippen molar-refractivity contribution >= 4 is 0 Å². The molecule has 4 saturated heterocycles. The van der Waals surface area contributed by atoms with Gasteiger partial charge in [0.1, 0.15) is 0 Å². The molecule has 5 atom stereocenters. The van der Waals surface area contributed by atoms with E-state index in [0.717, 1.165) is 31.8 Å². The van der Waals surface area contributed by atoms with Crippen molar-refractivity contribution < 1.29 is 4.74 Å². The molecule has 0 aromatic rings. The summed E-state index contributed by atoms with van der Waals surface area (Å²) in [6.45, 7) is 4.25. The summed E-state index contributed by atoms with van der Waals surface area (Å²) >= 11 is 0. The van der Waals surface area contributed by atoms with E-state index >= 15 is 0 Å². The van der Waals surface area contributed by atoms with Gasteiger partial charge < -0.3 is 15.4 Å². The van der Waals surface area contributed by atoms with E-state index in [-0.39, 0.29) is 0 Å². The summed E-state index contributed by atoms with van der Waals surface area (Å²) in [4.78, 5) is 2.84. The second-order valence-electron chi connectivity index (χ2n) is 6.50. The van der Waals surface area contributed by atoms with Crippen LogP contribution >= 0.6 is 0 Å². The molecule has 4 heterocycles. The first-order valence-electron chi connectivity index (χ1n) is 7.74. The molecule has 102 valence electrons. The third-order valence-electron chi connectivity index (χ3n) is 5.40. The number of hydrogen-bond acceptors (Lipinski definition) is 4. The summed E-state index contributed by atoms with van der Waals surface area (Å²) in [6, 6.07) is 3.53. The fourth-order valence-corrected chi connectivity index (χ4v) is 4.60. The smallest absolute Gasteiger partial charge is 0.0622 e. The fourth-order valence-electron chi connectivity index (χ4n) is 4.60. The molecule has 4 aliphatic rings. The standard InChI is InChI=1S/C14H25N3O/c1-2-11-8-18-9-12(3-1)17(11)14-5-4-10-6-15-7-13(14)16-10/h10-16H,1-9H2. The molecule has 4 rings (SSSR count). The van der Waals surface area contributed by atoms with Crippen molar-refractivity contribution in [3.63, 3.8) is 0 Å². The third kappa shape index (κ3) is 1.90. The van der Waals surface area contributed by atoms with E-state index in [1.54, 1.807) is 0 Å². The predicted molar refractivity (Wildman–Crippen MR) is 70.7 cm³/mol. The zero-order valence-electron chi connectivity index (χ0n) is 11.1. The van der Waals surface area contributed by atoms with E-state index in [2.05, 4.69) is 15.5 Å². The quantitative estimate of drug-likeness (QED) is 0.704. The minimum atomic E-state index is 0.665. The van der Waals surface area contributed by atoms with Crippen LogP contribution in [0.25, 0.3) is 0 Å². The Morgan fingerprint density at radius 3 is 2.61 bits per heavy atom. The number of nitrogens with one attached hydrogen (secondary N) is 2. The lowest BCUT2D eigenvalue weighted by atomic mass is 9.84. The zero-order valence-corrected chi connectivity index (χ0v) is 11.1. The molecule has 0 aromatic carbocycles. The molecule has 0 amide bonds. The van der Waals surface area contributed by atoms with Crippen LogP contribution < -0.4 is 10.6 Å². The van der Waals surface area contributed by atoms with Crippen molar-refractivity contribution in [2.75, 3.05) is 26.3 Å². The van der Waals surface area contributed by atoms with E-state index in [4.69, 9.17) is 4.74 Å². The maximum atomic E-state index is 5.78. The van der Waals surface area contributed by atoms with Crippen LogP contribution in [0.2, 0.25) is 0 Å². The highest BCUT2D eigenvalue weighted by Gasteiger charge is 2.44. The van der Waals surface area contributed by atoms with Crippen LogP contribution in [-0.2, 0) is 4.74 Å². The van der Waals surface area contributed by atoms with E-state index < -0.39 is 0 Å². The largest absolute Gasteiger partial charge is 0.378 e. The molecule has 4 heteroatoms. The highest BCUT2D eigenvalue weighted by Crippen LogP contribution is 2.33. The van der Waals surface area contributed by atoms with Crippen LogP contribution in [0.3, 0.4) is 0 Å². The molecule has 18 heavy (non-hydrogen) atoms. The Bertz CT molecular complexity index is 289. The summed E-state index contributed by atoms with van der Waals surface area (Å²) in [5.41, 5.74) is 0. The number of ether oxygens (including phenoxy) is 1. The molecule has 4 bridgehead atoms. The van der Waals surface area contributed by atoms with Gasteiger partial charge in [-0.25, -0.2) is 0 Å². The minimum absolute atomic E-state index is 0.665. The molecular weight excluding hydrogens is 226 g/mol. The van der Waals surface area contributed by atoms with Gasteiger partial charge in [0.2, 0.25) is 0 Å². The molecule has 2 N–H and O–H groups in total. The monoisotopic (exact) mass is 251 g/mol. The van der Waals surface area contributed by atoms with Gasteiger partial charge >= 0.3 is 0 Å². The molecule has 0 aromatic heterocycles.